The van der Waals surface area contributed by atoms with Crippen LogP contribution in [0.15, 0.2) is 48.5 Å². The molecule has 0 aliphatic rings. The maximum atomic E-state index is 13.1. The molecule has 2 rings (SSSR count). The van der Waals surface area contributed by atoms with Gasteiger partial charge in [0.2, 0.25) is 0 Å². The predicted molar refractivity (Wildman–Crippen MR) is 90.1 cm³/mol. The van der Waals surface area contributed by atoms with Gasteiger partial charge in [0, 0.05) is 12.7 Å². The van der Waals surface area contributed by atoms with Crippen molar-refractivity contribution < 1.29 is 23.4 Å². The summed E-state index contributed by atoms with van der Waals surface area (Å²) in [5.74, 6) is 0.459. The quantitative estimate of drug-likeness (QED) is 0.420. The predicted octanol–water partition coefficient (Wildman–Crippen LogP) is 3.76. The molecule has 0 spiro atoms. The van der Waals surface area contributed by atoms with E-state index in [0.717, 1.165) is 0 Å². The summed E-state index contributed by atoms with van der Waals surface area (Å²) in [4.78, 5) is 12.2. The highest BCUT2D eigenvalue weighted by atomic mass is 19.1. The van der Waals surface area contributed by atoms with Gasteiger partial charge < -0.3 is 14.2 Å². The van der Waals surface area contributed by atoms with Crippen molar-refractivity contribution in [2.75, 3.05) is 27.4 Å². The van der Waals surface area contributed by atoms with Gasteiger partial charge in [0.15, 0.2) is 17.3 Å². The van der Waals surface area contributed by atoms with Gasteiger partial charge in [0.25, 0.3) is 0 Å². The first-order valence-electron chi connectivity index (χ1n) is 7.42. The minimum absolute atomic E-state index is 0.207. The van der Waals surface area contributed by atoms with E-state index in [1.807, 2.05) is 0 Å². The Morgan fingerprint density at radius 1 is 1.08 bits per heavy atom. The molecular weight excluding hydrogens is 311 g/mol. The maximum absolute atomic E-state index is 13.1. The Bertz CT molecular complexity index is 725. The molecule has 0 amide bonds. The van der Waals surface area contributed by atoms with E-state index in [1.165, 1.54) is 25.3 Å². The average molecular weight is 330 g/mol. The average Bonchev–Trinajstić information content (AvgIpc) is 2.60. The molecule has 0 atom stereocenters. The molecule has 2 aromatic carbocycles. The normalized spacial score (nSPS) is 10.8. The topological polar surface area (TPSA) is 44.8 Å². The fourth-order valence-electron chi connectivity index (χ4n) is 2.05. The minimum Gasteiger partial charge on any atom is -0.493 e. The second kappa shape index (κ2) is 8.84. The van der Waals surface area contributed by atoms with Crippen LogP contribution in [0.1, 0.15) is 15.9 Å². The number of hydrogen-bond acceptors (Lipinski definition) is 4. The summed E-state index contributed by atoms with van der Waals surface area (Å²) in [5, 5.41) is 0. The second-order valence-electron chi connectivity index (χ2n) is 4.96. The summed E-state index contributed by atoms with van der Waals surface area (Å²) in [6.07, 6.45) is 2.97. The number of hydrogen-bond donors (Lipinski definition) is 0. The van der Waals surface area contributed by atoms with Crippen LogP contribution in [-0.2, 0) is 4.74 Å². The molecule has 0 aliphatic carbocycles. The van der Waals surface area contributed by atoms with Crippen LogP contribution in [0.25, 0.3) is 6.08 Å². The van der Waals surface area contributed by atoms with E-state index in [4.69, 9.17) is 14.2 Å². The molecule has 0 saturated carbocycles. The molecule has 5 heteroatoms. The Balaban J connectivity index is 2.11. The largest absolute Gasteiger partial charge is 0.493 e. The molecule has 0 bridgehead atoms. The van der Waals surface area contributed by atoms with Gasteiger partial charge in [0.1, 0.15) is 12.4 Å². The summed E-state index contributed by atoms with van der Waals surface area (Å²) in [6, 6.07) is 11.0. The van der Waals surface area contributed by atoms with Gasteiger partial charge in [-0.25, -0.2) is 4.39 Å². The number of carbonyl (C=O) groups is 1. The van der Waals surface area contributed by atoms with Crippen LogP contribution >= 0.6 is 0 Å². The highest BCUT2D eigenvalue weighted by Gasteiger charge is 2.09. The summed E-state index contributed by atoms with van der Waals surface area (Å²) < 4.78 is 28.8. The number of ether oxygens (including phenoxy) is 3. The van der Waals surface area contributed by atoms with Crippen LogP contribution in [0.4, 0.5) is 4.39 Å². The number of allylic oxidation sites excluding steroid dienone is 1. The Kier molecular flexibility index (Phi) is 6.51. The van der Waals surface area contributed by atoms with Crippen LogP contribution < -0.4 is 9.47 Å². The lowest BCUT2D eigenvalue weighted by atomic mass is 10.1. The second-order valence-corrected chi connectivity index (χ2v) is 4.96. The van der Waals surface area contributed by atoms with Crippen LogP contribution in [0.2, 0.25) is 0 Å². The van der Waals surface area contributed by atoms with Gasteiger partial charge in [-0.05, 0) is 42.0 Å². The molecule has 0 aromatic heterocycles. The highest BCUT2D eigenvalue weighted by molar-refractivity contribution is 6.07. The zero-order valence-electron chi connectivity index (χ0n) is 13.6. The first-order chi connectivity index (χ1) is 11.6. The number of rotatable bonds is 8. The van der Waals surface area contributed by atoms with E-state index < -0.39 is 0 Å². The maximum Gasteiger partial charge on any atom is 0.185 e. The molecule has 0 N–H and O–H groups in total. The van der Waals surface area contributed by atoms with Gasteiger partial charge in [-0.15, -0.1) is 0 Å². The zero-order valence-corrected chi connectivity index (χ0v) is 13.6. The summed E-state index contributed by atoms with van der Waals surface area (Å²) in [7, 11) is 3.10. The van der Waals surface area contributed by atoms with Crippen molar-refractivity contribution in [3.63, 3.8) is 0 Å². The first kappa shape index (κ1) is 17.7. The van der Waals surface area contributed by atoms with Crippen LogP contribution in [-0.4, -0.2) is 33.2 Å². The van der Waals surface area contributed by atoms with Crippen molar-refractivity contribution in [2.45, 2.75) is 0 Å². The summed E-state index contributed by atoms with van der Waals surface area (Å²) in [6.45, 7) is 0.847. The third-order valence-electron chi connectivity index (χ3n) is 3.27. The van der Waals surface area contributed by atoms with Crippen LogP contribution in [0.3, 0.4) is 0 Å². The van der Waals surface area contributed by atoms with E-state index in [9.17, 15) is 9.18 Å². The standard InChI is InChI=1S/C19H19FO4/c1-22-10-11-24-18-9-7-15(13-19(18)23-2)17(21)8-6-14-4-3-5-16(20)12-14/h3-9,12-13H,10-11H2,1-2H3/b8-6+. The molecule has 0 radical (unpaired) electrons. The number of methoxy groups -OCH3 is 2. The molecule has 24 heavy (non-hydrogen) atoms. The Morgan fingerprint density at radius 2 is 1.92 bits per heavy atom. The Labute approximate surface area is 140 Å². The lowest BCUT2D eigenvalue weighted by Gasteiger charge is -2.11. The summed E-state index contributed by atoms with van der Waals surface area (Å²) >= 11 is 0. The van der Waals surface area contributed by atoms with E-state index in [2.05, 4.69) is 0 Å². The van der Waals surface area contributed by atoms with Crippen molar-refractivity contribution >= 4 is 11.9 Å². The minimum atomic E-state index is -0.344. The number of carbonyl (C=O) groups excluding carboxylic acids is 1. The smallest absolute Gasteiger partial charge is 0.185 e. The number of ketones is 1. The zero-order chi connectivity index (χ0) is 17.4. The molecule has 4 nitrogen and oxygen atoms in total. The molecule has 0 aliphatic heterocycles. The number of benzene rings is 2. The third kappa shape index (κ3) is 4.93. The fourth-order valence-corrected chi connectivity index (χ4v) is 2.05. The van der Waals surface area contributed by atoms with E-state index in [-0.39, 0.29) is 11.6 Å². The van der Waals surface area contributed by atoms with Crippen molar-refractivity contribution in [3.8, 4) is 11.5 Å². The lowest BCUT2D eigenvalue weighted by Crippen LogP contribution is -2.06. The SMILES string of the molecule is COCCOc1ccc(C(=O)/C=C/c2cccc(F)c2)cc1OC. The molecule has 2 aromatic rings. The van der Waals surface area contributed by atoms with Gasteiger partial charge >= 0.3 is 0 Å². The van der Waals surface area contributed by atoms with Gasteiger partial charge in [-0.1, -0.05) is 18.2 Å². The molecular formula is C19H19FO4. The number of halogens is 1. The van der Waals surface area contributed by atoms with Gasteiger partial charge in [0.05, 0.1) is 13.7 Å². The van der Waals surface area contributed by atoms with Crippen molar-refractivity contribution in [2.24, 2.45) is 0 Å². The van der Waals surface area contributed by atoms with Crippen molar-refractivity contribution in [1.29, 1.82) is 0 Å². The van der Waals surface area contributed by atoms with Crippen LogP contribution in [0.5, 0.6) is 11.5 Å². The Morgan fingerprint density at radius 3 is 2.62 bits per heavy atom. The molecule has 0 fully saturated rings. The van der Waals surface area contributed by atoms with Crippen molar-refractivity contribution in [1.82, 2.24) is 0 Å². The lowest BCUT2D eigenvalue weighted by molar-refractivity contribution is 0.104. The molecule has 0 saturated heterocycles. The molecule has 0 unspecified atom stereocenters. The van der Waals surface area contributed by atoms with Gasteiger partial charge in [-0.2, -0.15) is 0 Å². The molecule has 126 valence electrons. The fraction of sp³-hybridized carbons (Fsp3) is 0.211. The van der Waals surface area contributed by atoms with E-state index in [1.54, 1.807) is 43.5 Å². The summed E-state index contributed by atoms with van der Waals surface area (Å²) in [5.41, 5.74) is 1.08. The van der Waals surface area contributed by atoms with E-state index in [0.29, 0.717) is 35.8 Å². The first-order valence-corrected chi connectivity index (χ1v) is 7.42. The monoisotopic (exact) mass is 330 g/mol. The van der Waals surface area contributed by atoms with Crippen molar-refractivity contribution in [3.05, 3.63) is 65.5 Å². The molecule has 0 heterocycles. The van der Waals surface area contributed by atoms with Crippen LogP contribution in [0, 0.1) is 5.82 Å². The van der Waals surface area contributed by atoms with Gasteiger partial charge in [-0.3, -0.25) is 4.79 Å². The highest BCUT2D eigenvalue weighted by Crippen LogP contribution is 2.28. The third-order valence-corrected chi connectivity index (χ3v) is 3.27. The Hall–Kier alpha value is -2.66. The van der Waals surface area contributed by atoms with E-state index >= 15 is 0 Å².